The molecule has 0 aliphatic rings. The first kappa shape index (κ1) is 22.9. The predicted octanol–water partition coefficient (Wildman–Crippen LogP) is 6.53. The number of nitrogens with one attached hydrogen (secondary N) is 1. The van der Waals surface area contributed by atoms with Crippen LogP contribution in [0.5, 0.6) is 11.5 Å². The van der Waals surface area contributed by atoms with Crippen LogP contribution in [0.15, 0.2) is 59.1 Å². The smallest absolute Gasteiger partial charge is 0.337 e. The van der Waals surface area contributed by atoms with Crippen molar-refractivity contribution in [1.82, 2.24) is 0 Å². The number of ether oxygens (including phenoxy) is 2. The van der Waals surface area contributed by atoms with Crippen molar-refractivity contribution in [3.63, 3.8) is 0 Å². The van der Waals surface area contributed by atoms with Crippen LogP contribution in [0.2, 0.25) is 5.02 Å². The Morgan fingerprint density at radius 2 is 1.84 bits per heavy atom. The molecule has 0 bridgehead atoms. The van der Waals surface area contributed by atoms with E-state index in [-0.39, 0.29) is 23.0 Å². The van der Waals surface area contributed by atoms with Gasteiger partial charge in [-0.2, -0.15) is 0 Å². The van der Waals surface area contributed by atoms with Crippen molar-refractivity contribution in [2.75, 3.05) is 11.9 Å². The SMILES string of the molecule is CCOc1cc(CNc2ccc(Cl)c(C(=O)O)c2)c(Br)cc1OCc1ccccc1F. The fraction of sp³-hybridized carbons (Fsp3) is 0.174. The zero-order chi connectivity index (χ0) is 22.4. The summed E-state index contributed by atoms with van der Waals surface area (Å²) in [6.07, 6.45) is 0. The maximum absolute atomic E-state index is 13.9. The highest BCUT2D eigenvalue weighted by Crippen LogP contribution is 2.35. The molecule has 0 saturated heterocycles. The van der Waals surface area contributed by atoms with E-state index in [0.717, 1.165) is 10.0 Å². The number of anilines is 1. The van der Waals surface area contributed by atoms with Crippen molar-refractivity contribution >= 4 is 39.2 Å². The monoisotopic (exact) mass is 507 g/mol. The molecule has 0 fully saturated rings. The Morgan fingerprint density at radius 3 is 2.55 bits per heavy atom. The van der Waals surface area contributed by atoms with Crippen molar-refractivity contribution in [2.45, 2.75) is 20.1 Å². The molecule has 0 heterocycles. The molecule has 0 unspecified atom stereocenters. The molecular formula is C23H20BrClFNO4. The molecule has 0 aliphatic heterocycles. The summed E-state index contributed by atoms with van der Waals surface area (Å²) in [5.74, 6) is -0.407. The first-order chi connectivity index (χ1) is 14.9. The molecule has 0 aromatic heterocycles. The standard InChI is InChI=1S/C23H20BrClFNO4/c1-2-30-21-9-15(12-27-16-7-8-19(25)17(10-16)23(28)29)18(24)11-22(21)31-13-14-5-3-4-6-20(14)26/h3-11,27H,2,12-13H2,1H3,(H,28,29). The van der Waals surface area contributed by atoms with Gasteiger partial charge in [-0.25, -0.2) is 9.18 Å². The molecule has 3 rings (SSSR count). The number of benzene rings is 3. The second kappa shape index (κ2) is 10.5. The highest BCUT2D eigenvalue weighted by atomic mass is 79.9. The molecule has 5 nitrogen and oxygen atoms in total. The second-order valence-corrected chi connectivity index (χ2v) is 7.82. The van der Waals surface area contributed by atoms with Crippen LogP contribution in [0.25, 0.3) is 0 Å². The highest BCUT2D eigenvalue weighted by Gasteiger charge is 2.13. The lowest BCUT2D eigenvalue weighted by Gasteiger charge is -2.16. The van der Waals surface area contributed by atoms with Gasteiger partial charge in [-0.3, -0.25) is 0 Å². The summed E-state index contributed by atoms with van der Waals surface area (Å²) < 4.78 is 26.2. The van der Waals surface area contributed by atoms with Crippen LogP contribution in [-0.2, 0) is 13.2 Å². The van der Waals surface area contributed by atoms with E-state index in [2.05, 4.69) is 21.2 Å². The highest BCUT2D eigenvalue weighted by molar-refractivity contribution is 9.10. The van der Waals surface area contributed by atoms with Crippen LogP contribution < -0.4 is 14.8 Å². The molecule has 0 radical (unpaired) electrons. The largest absolute Gasteiger partial charge is 0.490 e. The van der Waals surface area contributed by atoms with Crippen molar-refractivity contribution in [3.8, 4) is 11.5 Å². The van der Waals surface area contributed by atoms with E-state index in [0.29, 0.717) is 35.9 Å². The van der Waals surface area contributed by atoms with Gasteiger partial charge in [-0.05, 0) is 48.9 Å². The number of carbonyl (C=O) groups is 1. The second-order valence-electron chi connectivity index (χ2n) is 6.56. The Labute approximate surface area is 192 Å². The van der Waals surface area contributed by atoms with Gasteiger partial charge < -0.3 is 19.9 Å². The average molecular weight is 509 g/mol. The molecule has 3 aromatic carbocycles. The van der Waals surface area contributed by atoms with E-state index < -0.39 is 5.97 Å². The molecule has 0 amide bonds. The van der Waals surface area contributed by atoms with Crippen LogP contribution >= 0.6 is 27.5 Å². The predicted molar refractivity (Wildman–Crippen MR) is 122 cm³/mol. The van der Waals surface area contributed by atoms with Crippen LogP contribution in [0.3, 0.4) is 0 Å². The Morgan fingerprint density at radius 1 is 1.10 bits per heavy atom. The third-order valence-corrected chi connectivity index (χ3v) is 5.50. The summed E-state index contributed by atoms with van der Waals surface area (Å²) in [5, 5.41) is 12.6. The van der Waals surface area contributed by atoms with Crippen LogP contribution in [0.4, 0.5) is 10.1 Å². The maximum Gasteiger partial charge on any atom is 0.337 e. The van der Waals surface area contributed by atoms with Gasteiger partial charge in [0, 0.05) is 22.3 Å². The fourth-order valence-electron chi connectivity index (χ4n) is 2.86. The van der Waals surface area contributed by atoms with Crippen LogP contribution in [0, 0.1) is 5.82 Å². The third-order valence-electron chi connectivity index (χ3n) is 4.43. The van der Waals surface area contributed by atoms with Crippen molar-refractivity contribution in [3.05, 3.63) is 86.6 Å². The number of aromatic carboxylic acids is 1. The zero-order valence-corrected chi connectivity index (χ0v) is 19.0. The van der Waals surface area contributed by atoms with Gasteiger partial charge in [0.15, 0.2) is 11.5 Å². The summed E-state index contributed by atoms with van der Waals surface area (Å²) in [6.45, 7) is 2.76. The molecule has 0 aliphatic carbocycles. The third kappa shape index (κ3) is 5.89. The summed E-state index contributed by atoms with van der Waals surface area (Å²) in [6, 6.07) is 14.8. The number of halogens is 3. The van der Waals surface area contributed by atoms with Gasteiger partial charge in [0.1, 0.15) is 12.4 Å². The molecule has 2 N–H and O–H groups in total. The Kier molecular flexibility index (Phi) is 7.76. The molecule has 0 spiro atoms. The van der Waals surface area contributed by atoms with E-state index in [1.807, 2.05) is 13.0 Å². The summed E-state index contributed by atoms with van der Waals surface area (Å²) >= 11 is 9.45. The van der Waals surface area contributed by atoms with Crippen molar-refractivity contribution in [2.24, 2.45) is 0 Å². The minimum Gasteiger partial charge on any atom is -0.490 e. The first-order valence-corrected chi connectivity index (χ1v) is 10.6. The lowest BCUT2D eigenvalue weighted by atomic mass is 10.1. The van der Waals surface area contributed by atoms with E-state index in [1.165, 1.54) is 18.2 Å². The van der Waals surface area contributed by atoms with Gasteiger partial charge in [-0.1, -0.05) is 45.7 Å². The van der Waals surface area contributed by atoms with E-state index >= 15 is 0 Å². The minimum atomic E-state index is -1.09. The van der Waals surface area contributed by atoms with Crippen LogP contribution in [0.1, 0.15) is 28.4 Å². The zero-order valence-electron chi connectivity index (χ0n) is 16.6. The first-order valence-electron chi connectivity index (χ1n) is 9.47. The number of carboxylic acids is 1. The van der Waals surface area contributed by atoms with Crippen molar-refractivity contribution in [1.29, 1.82) is 0 Å². The van der Waals surface area contributed by atoms with E-state index in [4.69, 9.17) is 21.1 Å². The van der Waals surface area contributed by atoms with E-state index in [9.17, 15) is 14.3 Å². The maximum atomic E-state index is 13.9. The van der Waals surface area contributed by atoms with Gasteiger partial charge >= 0.3 is 5.97 Å². The van der Waals surface area contributed by atoms with Crippen LogP contribution in [-0.4, -0.2) is 17.7 Å². The lowest BCUT2D eigenvalue weighted by Crippen LogP contribution is -2.05. The normalized spacial score (nSPS) is 10.6. The summed E-state index contributed by atoms with van der Waals surface area (Å²) in [7, 11) is 0. The Bertz CT molecular complexity index is 1090. The molecule has 0 atom stereocenters. The summed E-state index contributed by atoms with van der Waals surface area (Å²) in [5.41, 5.74) is 1.96. The quantitative estimate of drug-likeness (QED) is 0.344. The number of rotatable bonds is 9. The Balaban J connectivity index is 1.77. The van der Waals surface area contributed by atoms with Gasteiger partial charge in [0.25, 0.3) is 0 Å². The van der Waals surface area contributed by atoms with Gasteiger partial charge in [0.05, 0.1) is 17.2 Å². The Hall–Kier alpha value is -2.77. The molecule has 162 valence electrons. The average Bonchev–Trinajstić information content (AvgIpc) is 2.74. The topological polar surface area (TPSA) is 67.8 Å². The fourth-order valence-corrected chi connectivity index (χ4v) is 3.52. The molecule has 8 heteroatoms. The molecule has 31 heavy (non-hydrogen) atoms. The lowest BCUT2D eigenvalue weighted by molar-refractivity contribution is 0.0697. The van der Waals surface area contributed by atoms with Gasteiger partial charge in [0.2, 0.25) is 0 Å². The van der Waals surface area contributed by atoms with E-state index in [1.54, 1.807) is 30.3 Å². The number of hydrogen-bond acceptors (Lipinski definition) is 4. The molecule has 0 saturated carbocycles. The van der Waals surface area contributed by atoms with Crippen molar-refractivity contribution < 1.29 is 23.8 Å². The molecule has 3 aromatic rings. The molecular weight excluding hydrogens is 489 g/mol. The number of carboxylic acid groups (broad SMARTS) is 1. The minimum absolute atomic E-state index is 0.0256. The summed E-state index contributed by atoms with van der Waals surface area (Å²) in [4.78, 5) is 11.3. The van der Waals surface area contributed by atoms with Gasteiger partial charge in [-0.15, -0.1) is 0 Å². The number of hydrogen-bond donors (Lipinski definition) is 2.